The molecule has 10 nitrogen and oxygen atoms in total. The zero-order chi connectivity index (χ0) is 30.1. The number of nitriles is 1. The Morgan fingerprint density at radius 2 is 1.77 bits per heavy atom. The number of carbonyl (C=O) groups is 2. The molecule has 1 aliphatic rings. The van der Waals surface area contributed by atoms with Gasteiger partial charge in [0.2, 0.25) is 0 Å². The Bertz CT molecular complexity index is 1950. The molecule has 4 heterocycles. The maximum absolute atomic E-state index is 14.0. The number of methoxy groups -OCH3 is 1. The zero-order valence-corrected chi connectivity index (χ0v) is 23.9. The van der Waals surface area contributed by atoms with Crippen molar-refractivity contribution in [1.29, 1.82) is 5.26 Å². The molecule has 1 aliphatic heterocycles. The van der Waals surface area contributed by atoms with E-state index in [0.717, 1.165) is 37.0 Å². The van der Waals surface area contributed by atoms with Crippen molar-refractivity contribution >= 4 is 39.2 Å². The molecular formula is C33H30N6O4. The summed E-state index contributed by atoms with van der Waals surface area (Å²) < 4.78 is 8.92. The van der Waals surface area contributed by atoms with Gasteiger partial charge in [-0.15, -0.1) is 0 Å². The van der Waals surface area contributed by atoms with E-state index in [1.54, 1.807) is 48.1 Å². The number of piperidine rings is 1. The highest BCUT2D eigenvalue weighted by atomic mass is 16.5. The average molecular weight is 575 g/mol. The first-order chi connectivity index (χ1) is 20.9. The molecule has 0 radical (unpaired) electrons. The molecule has 0 saturated carbocycles. The van der Waals surface area contributed by atoms with Crippen molar-refractivity contribution in [2.45, 2.75) is 25.4 Å². The number of nitrogens with one attached hydrogen (secondary N) is 1. The van der Waals surface area contributed by atoms with Crippen LogP contribution in [0, 0.1) is 11.3 Å². The summed E-state index contributed by atoms with van der Waals surface area (Å²) in [6, 6.07) is 21.8. The summed E-state index contributed by atoms with van der Waals surface area (Å²) in [5, 5.41) is 13.2. The molecule has 5 aromatic rings. The predicted molar refractivity (Wildman–Crippen MR) is 164 cm³/mol. The summed E-state index contributed by atoms with van der Waals surface area (Å²) >= 11 is 0. The van der Waals surface area contributed by atoms with Crippen LogP contribution in [0.4, 0.5) is 5.69 Å². The Labute approximate surface area is 247 Å². The number of para-hydroxylation sites is 1. The van der Waals surface area contributed by atoms with Gasteiger partial charge in [0.1, 0.15) is 17.1 Å². The number of carbonyl (C=O) groups excluding carboxylic acids is 2. The highest BCUT2D eigenvalue weighted by Gasteiger charge is 2.30. The number of hydrogen-bond acceptors (Lipinski definition) is 7. The van der Waals surface area contributed by atoms with Crippen LogP contribution in [0.5, 0.6) is 5.75 Å². The number of amides is 1. The smallest absolute Gasteiger partial charge is 0.272 e. The Hall–Kier alpha value is -5.43. The van der Waals surface area contributed by atoms with Crippen molar-refractivity contribution in [3.63, 3.8) is 0 Å². The van der Waals surface area contributed by atoms with Crippen LogP contribution >= 0.6 is 0 Å². The lowest BCUT2D eigenvalue weighted by Crippen LogP contribution is -2.45. The van der Waals surface area contributed by atoms with E-state index in [0.29, 0.717) is 22.3 Å². The van der Waals surface area contributed by atoms with Crippen molar-refractivity contribution in [2.24, 2.45) is 7.05 Å². The molecule has 0 bridgehead atoms. The topological polar surface area (TPSA) is 122 Å². The lowest BCUT2D eigenvalue weighted by molar-refractivity contribution is 0.0918. The van der Waals surface area contributed by atoms with Crippen LogP contribution in [0.25, 0.3) is 21.8 Å². The minimum absolute atomic E-state index is 0.0743. The summed E-state index contributed by atoms with van der Waals surface area (Å²) in [7, 11) is 3.20. The average Bonchev–Trinajstić information content (AvgIpc) is 3.36. The summed E-state index contributed by atoms with van der Waals surface area (Å²) in [4.78, 5) is 47.3. The van der Waals surface area contributed by atoms with Crippen LogP contribution in [-0.4, -0.2) is 52.0 Å². The largest absolute Gasteiger partial charge is 0.493 e. The third-order valence-electron chi connectivity index (χ3n) is 8.13. The molecule has 2 aromatic carbocycles. The number of hydrogen-bond donors (Lipinski definition) is 1. The van der Waals surface area contributed by atoms with E-state index in [1.165, 1.54) is 11.7 Å². The third-order valence-corrected chi connectivity index (χ3v) is 8.13. The maximum atomic E-state index is 14.0. The fourth-order valence-corrected chi connectivity index (χ4v) is 5.97. The number of fused-ring (bicyclic) bond motifs is 3. The van der Waals surface area contributed by atoms with Gasteiger partial charge in [-0.1, -0.05) is 48.5 Å². The fraction of sp³-hybridized carbons (Fsp3) is 0.242. The lowest BCUT2D eigenvalue weighted by atomic mass is 10.0. The van der Waals surface area contributed by atoms with E-state index in [9.17, 15) is 14.4 Å². The summed E-state index contributed by atoms with van der Waals surface area (Å²) in [5.41, 5.74) is 2.86. The number of anilines is 1. The van der Waals surface area contributed by atoms with Gasteiger partial charge in [-0.25, -0.2) is 4.98 Å². The molecule has 0 spiro atoms. The van der Waals surface area contributed by atoms with Crippen LogP contribution in [0.15, 0.2) is 77.7 Å². The Morgan fingerprint density at radius 3 is 2.44 bits per heavy atom. The number of ether oxygens (including phenoxy) is 1. The molecule has 1 amide bonds. The number of rotatable bonds is 7. The first-order valence-electron chi connectivity index (χ1n) is 14.1. The minimum Gasteiger partial charge on any atom is -0.493 e. The second kappa shape index (κ2) is 11.4. The van der Waals surface area contributed by atoms with Crippen LogP contribution < -0.4 is 20.5 Å². The van der Waals surface area contributed by atoms with Gasteiger partial charge >= 0.3 is 0 Å². The zero-order valence-electron chi connectivity index (χ0n) is 23.9. The molecule has 216 valence electrons. The van der Waals surface area contributed by atoms with E-state index < -0.39 is 5.56 Å². The van der Waals surface area contributed by atoms with Gasteiger partial charge in [-0.05, 0) is 31.0 Å². The fourth-order valence-electron chi connectivity index (χ4n) is 5.97. The van der Waals surface area contributed by atoms with Crippen molar-refractivity contribution in [1.82, 2.24) is 19.4 Å². The molecule has 1 fully saturated rings. The predicted octanol–water partition coefficient (Wildman–Crippen LogP) is 4.05. The summed E-state index contributed by atoms with van der Waals surface area (Å²) in [6.45, 7) is 1.29. The highest BCUT2D eigenvalue weighted by Crippen LogP contribution is 2.35. The van der Waals surface area contributed by atoms with Gasteiger partial charge in [-0.3, -0.25) is 19.0 Å². The molecule has 0 unspecified atom stereocenters. The molecule has 6 rings (SSSR count). The monoisotopic (exact) mass is 574 g/mol. The van der Waals surface area contributed by atoms with Crippen molar-refractivity contribution in [3.05, 3.63) is 100 Å². The van der Waals surface area contributed by atoms with Crippen LogP contribution in [0.3, 0.4) is 0 Å². The second-order valence-corrected chi connectivity index (χ2v) is 10.6. The molecule has 43 heavy (non-hydrogen) atoms. The molecule has 1 saturated heterocycles. The van der Waals surface area contributed by atoms with E-state index in [-0.39, 0.29) is 41.1 Å². The SMILES string of the molecule is COc1c(C(=O)NC2CCN(c3ccc(C#N)nc3)CC2)n(C)c2c1c(=O)n(CC(=O)c1ccccc1)c1ccccc21. The molecule has 1 N–H and O–H groups in total. The number of aryl methyl sites for hydroxylation is 1. The second-order valence-electron chi connectivity index (χ2n) is 10.6. The highest BCUT2D eigenvalue weighted by molar-refractivity contribution is 6.12. The summed E-state index contributed by atoms with van der Waals surface area (Å²) in [5.74, 6) is -0.333. The van der Waals surface area contributed by atoms with Gasteiger partial charge in [0, 0.05) is 37.1 Å². The number of nitrogens with zero attached hydrogens (tertiary/aromatic N) is 5. The molecule has 10 heteroatoms. The van der Waals surface area contributed by atoms with Gasteiger partial charge in [0.15, 0.2) is 17.2 Å². The molecular weight excluding hydrogens is 544 g/mol. The number of aromatic nitrogens is 3. The van der Waals surface area contributed by atoms with Crippen LogP contribution in [0.1, 0.15) is 39.4 Å². The molecule has 3 aromatic heterocycles. The quantitative estimate of drug-likeness (QED) is 0.291. The first-order valence-corrected chi connectivity index (χ1v) is 14.1. The van der Waals surface area contributed by atoms with Gasteiger partial charge in [-0.2, -0.15) is 5.26 Å². The Morgan fingerprint density at radius 1 is 1.05 bits per heavy atom. The number of Topliss-reactive ketones (excluding diaryl/α,β-unsaturated/α-hetero) is 1. The van der Waals surface area contributed by atoms with E-state index in [2.05, 4.69) is 15.2 Å². The normalized spacial score (nSPS) is 13.7. The number of ketones is 1. The standard InChI is InChI=1S/C33H30N6O4/c1-37-29-25-10-6-7-11-26(25)39(20-27(40)21-8-4-3-5-9-21)33(42)28(29)31(43-2)30(37)32(41)36-22-14-16-38(17-15-22)24-13-12-23(18-34)35-19-24/h3-13,19,22H,14-17,20H2,1-2H3,(H,36,41). The van der Waals surface area contributed by atoms with Crippen LogP contribution in [-0.2, 0) is 13.6 Å². The van der Waals surface area contributed by atoms with E-state index in [1.807, 2.05) is 42.5 Å². The first kappa shape index (κ1) is 27.7. The van der Waals surface area contributed by atoms with Gasteiger partial charge < -0.3 is 19.5 Å². The lowest BCUT2D eigenvalue weighted by Gasteiger charge is -2.33. The minimum atomic E-state index is -0.395. The number of benzene rings is 2. The Kier molecular flexibility index (Phi) is 7.38. The van der Waals surface area contributed by atoms with Crippen molar-refractivity contribution in [2.75, 3.05) is 25.1 Å². The van der Waals surface area contributed by atoms with Crippen molar-refractivity contribution in [3.8, 4) is 11.8 Å². The summed E-state index contributed by atoms with van der Waals surface area (Å²) in [6.07, 6.45) is 3.13. The molecule has 0 aliphatic carbocycles. The maximum Gasteiger partial charge on any atom is 0.272 e. The van der Waals surface area contributed by atoms with Crippen LogP contribution in [0.2, 0.25) is 0 Å². The van der Waals surface area contributed by atoms with E-state index in [4.69, 9.17) is 10.00 Å². The van der Waals surface area contributed by atoms with Crippen molar-refractivity contribution < 1.29 is 14.3 Å². The van der Waals surface area contributed by atoms with Gasteiger partial charge in [0.05, 0.1) is 36.6 Å². The van der Waals surface area contributed by atoms with E-state index >= 15 is 0 Å². The number of pyridine rings is 2. The third kappa shape index (κ3) is 4.99. The Balaban J connectivity index is 1.32. The molecule has 0 atom stereocenters. The van der Waals surface area contributed by atoms with Gasteiger partial charge in [0.25, 0.3) is 11.5 Å².